The van der Waals surface area contributed by atoms with Crippen LogP contribution in [0.15, 0.2) is 11.6 Å². The van der Waals surface area contributed by atoms with Gasteiger partial charge in [0.15, 0.2) is 6.29 Å². The lowest BCUT2D eigenvalue weighted by molar-refractivity contribution is -0.199. The van der Waals surface area contributed by atoms with Crippen molar-refractivity contribution in [2.75, 3.05) is 19.8 Å². The first-order valence-corrected chi connectivity index (χ1v) is 11.3. The molecule has 0 bridgehead atoms. The molecule has 0 aromatic rings. The summed E-state index contributed by atoms with van der Waals surface area (Å²) in [5.74, 6) is 2.93. The molecule has 1 saturated heterocycles. The van der Waals surface area contributed by atoms with Crippen LogP contribution in [0, 0.1) is 35.0 Å². The fourth-order valence-electron chi connectivity index (χ4n) is 7.67. The Labute approximate surface area is 162 Å². The van der Waals surface area contributed by atoms with Crippen LogP contribution in [0.5, 0.6) is 0 Å². The van der Waals surface area contributed by atoms with Gasteiger partial charge in [0.1, 0.15) is 5.67 Å². The van der Waals surface area contributed by atoms with Crippen LogP contribution >= 0.6 is 0 Å². The van der Waals surface area contributed by atoms with E-state index in [0.717, 1.165) is 51.2 Å². The molecule has 3 saturated carbocycles. The Morgan fingerprint density at radius 3 is 2.67 bits per heavy atom. The number of aliphatic hydroxyl groups is 1. The van der Waals surface area contributed by atoms with Crippen molar-refractivity contribution in [3.8, 4) is 0 Å². The van der Waals surface area contributed by atoms with Crippen molar-refractivity contribution in [3.63, 3.8) is 0 Å². The van der Waals surface area contributed by atoms with Crippen LogP contribution in [-0.2, 0) is 9.47 Å². The molecule has 5 rings (SSSR count). The molecule has 0 radical (unpaired) electrons. The van der Waals surface area contributed by atoms with E-state index in [-0.39, 0.29) is 18.3 Å². The van der Waals surface area contributed by atoms with Gasteiger partial charge in [-0.1, -0.05) is 18.6 Å². The standard InChI is InChI=1S/C23H35FO3/c1-22-9-7-18-17-5-4-16(21-26-11-2-12-27-21)13-15(17)3-6-19(18)20(22)8-10-23(22,24)14-25/h13,16-21,25H,2-12,14H2,1H3/t16?,17-,18+,19+,20-,22-,23-/m0/s1. The molecule has 4 aliphatic carbocycles. The molecule has 5 aliphatic rings. The fourth-order valence-corrected chi connectivity index (χ4v) is 7.67. The molecule has 152 valence electrons. The van der Waals surface area contributed by atoms with Gasteiger partial charge >= 0.3 is 0 Å². The molecule has 0 amide bonds. The monoisotopic (exact) mass is 378 g/mol. The van der Waals surface area contributed by atoms with Gasteiger partial charge in [-0.15, -0.1) is 0 Å². The molecule has 3 nitrogen and oxygen atoms in total. The molecule has 4 fully saturated rings. The molecular formula is C23H35FO3. The van der Waals surface area contributed by atoms with Crippen LogP contribution in [0.2, 0.25) is 0 Å². The largest absolute Gasteiger partial charge is 0.393 e. The van der Waals surface area contributed by atoms with Gasteiger partial charge in [0.2, 0.25) is 0 Å². The quantitative estimate of drug-likeness (QED) is 0.712. The topological polar surface area (TPSA) is 38.7 Å². The highest BCUT2D eigenvalue weighted by atomic mass is 19.1. The number of halogens is 1. The van der Waals surface area contributed by atoms with Gasteiger partial charge in [-0.2, -0.15) is 0 Å². The highest BCUT2D eigenvalue weighted by molar-refractivity contribution is 5.21. The Bertz CT molecular complexity index is 600. The van der Waals surface area contributed by atoms with E-state index >= 15 is 4.39 Å². The van der Waals surface area contributed by atoms with Crippen molar-refractivity contribution in [1.82, 2.24) is 0 Å². The maximum atomic E-state index is 15.4. The summed E-state index contributed by atoms with van der Waals surface area (Å²) in [5, 5.41) is 9.76. The Hall–Kier alpha value is -0.450. The van der Waals surface area contributed by atoms with E-state index in [1.54, 1.807) is 5.57 Å². The van der Waals surface area contributed by atoms with Gasteiger partial charge in [-0.05, 0) is 81.5 Å². The summed E-state index contributed by atoms with van der Waals surface area (Å²) in [4.78, 5) is 0. The van der Waals surface area contributed by atoms with Crippen LogP contribution in [-0.4, -0.2) is 36.9 Å². The summed E-state index contributed by atoms with van der Waals surface area (Å²) < 4.78 is 27.2. The van der Waals surface area contributed by atoms with Crippen LogP contribution in [0.4, 0.5) is 4.39 Å². The number of hydrogen-bond donors (Lipinski definition) is 1. The average Bonchev–Trinajstić information content (AvgIpc) is 2.99. The predicted molar refractivity (Wildman–Crippen MR) is 102 cm³/mol. The van der Waals surface area contributed by atoms with Crippen LogP contribution in [0.25, 0.3) is 0 Å². The number of rotatable bonds is 2. The van der Waals surface area contributed by atoms with E-state index in [4.69, 9.17) is 9.47 Å². The zero-order valence-electron chi connectivity index (χ0n) is 16.7. The van der Waals surface area contributed by atoms with E-state index in [0.29, 0.717) is 30.1 Å². The third-order valence-electron chi connectivity index (χ3n) is 9.21. The SMILES string of the molecule is C[C@]12CC[C@H]3[C@@H](CCC4=CC(C5OCCCO5)CC[C@@H]43)[C@@H]1CC[C@]2(F)CO. The third-order valence-corrected chi connectivity index (χ3v) is 9.21. The summed E-state index contributed by atoms with van der Waals surface area (Å²) >= 11 is 0. The molecule has 4 heteroatoms. The van der Waals surface area contributed by atoms with Crippen LogP contribution in [0.3, 0.4) is 0 Å². The van der Waals surface area contributed by atoms with Crippen molar-refractivity contribution in [2.45, 2.75) is 76.7 Å². The smallest absolute Gasteiger partial charge is 0.163 e. The van der Waals surface area contributed by atoms with Crippen molar-refractivity contribution >= 4 is 0 Å². The van der Waals surface area contributed by atoms with Crippen LogP contribution < -0.4 is 0 Å². The van der Waals surface area contributed by atoms with Crippen molar-refractivity contribution in [3.05, 3.63) is 11.6 Å². The van der Waals surface area contributed by atoms with Gasteiger partial charge in [-0.25, -0.2) is 4.39 Å². The summed E-state index contributed by atoms with van der Waals surface area (Å²) in [7, 11) is 0. The summed E-state index contributed by atoms with van der Waals surface area (Å²) in [6, 6.07) is 0. The molecule has 7 atom stereocenters. The molecule has 0 aromatic heterocycles. The lowest BCUT2D eigenvalue weighted by Crippen LogP contribution is -2.52. The highest BCUT2D eigenvalue weighted by Gasteiger charge is 2.63. The molecule has 0 spiro atoms. The van der Waals surface area contributed by atoms with E-state index in [9.17, 15) is 5.11 Å². The second-order valence-electron chi connectivity index (χ2n) is 10.1. The number of fused-ring (bicyclic) bond motifs is 5. The second-order valence-corrected chi connectivity index (χ2v) is 10.1. The normalized spacial score (nSPS) is 50.5. The lowest BCUT2D eigenvalue weighted by atomic mass is 9.50. The fraction of sp³-hybridized carbons (Fsp3) is 0.913. The maximum absolute atomic E-state index is 15.4. The van der Waals surface area contributed by atoms with Crippen molar-refractivity contribution in [2.24, 2.45) is 35.0 Å². The summed E-state index contributed by atoms with van der Waals surface area (Å²) in [6.45, 7) is 3.50. The van der Waals surface area contributed by atoms with Gasteiger partial charge < -0.3 is 14.6 Å². The predicted octanol–water partition coefficient (Wildman–Crippen LogP) is 4.64. The molecule has 1 aliphatic heterocycles. The maximum Gasteiger partial charge on any atom is 0.163 e. The summed E-state index contributed by atoms with van der Waals surface area (Å²) in [6.07, 6.45) is 11.8. The van der Waals surface area contributed by atoms with E-state index in [1.807, 2.05) is 0 Å². The number of hydrogen-bond acceptors (Lipinski definition) is 3. The Morgan fingerprint density at radius 1 is 1.07 bits per heavy atom. The van der Waals surface area contributed by atoms with Gasteiger partial charge in [0.05, 0.1) is 19.8 Å². The average molecular weight is 379 g/mol. The molecular weight excluding hydrogens is 343 g/mol. The Morgan fingerprint density at radius 2 is 1.89 bits per heavy atom. The highest BCUT2D eigenvalue weighted by Crippen LogP contribution is 2.66. The zero-order valence-corrected chi connectivity index (χ0v) is 16.7. The number of alkyl halides is 1. The minimum atomic E-state index is -1.36. The second kappa shape index (κ2) is 6.81. The number of ether oxygens (including phenoxy) is 2. The lowest BCUT2D eigenvalue weighted by Gasteiger charge is -2.55. The summed E-state index contributed by atoms with van der Waals surface area (Å²) in [5.41, 5.74) is -0.0301. The molecule has 1 heterocycles. The molecule has 1 unspecified atom stereocenters. The first-order valence-electron chi connectivity index (χ1n) is 11.3. The minimum Gasteiger partial charge on any atom is -0.393 e. The van der Waals surface area contributed by atoms with E-state index in [2.05, 4.69) is 13.0 Å². The number of allylic oxidation sites excluding steroid dienone is 1. The van der Waals surface area contributed by atoms with Crippen molar-refractivity contribution in [1.29, 1.82) is 0 Å². The van der Waals surface area contributed by atoms with Gasteiger partial charge in [0, 0.05) is 11.3 Å². The van der Waals surface area contributed by atoms with Crippen LogP contribution in [0.1, 0.15) is 64.7 Å². The van der Waals surface area contributed by atoms with Crippen molar-refractivity contribution < 1.29 is 19.0 Å². The zero-order chi connectivity index (χ0) is 18.6. The Balaban J connectivity index is 1.34. The first-order chi connectivity index (χ1) is 13.1. The van der Waals surface area contributed by atoms with E-state index in [1.165, 1.54) is 19.3 Å². The third kappa shape index (κ3) is 2.77. The van der Waals surface area contributed by atoms with E-state index < -0.39 is 5.67 Å². The Kier molecular flexibility index (Phi) is 4.68. The molecule has 0 aromatic carbocycles. The molecule has 27 heavy (non-hydrogen) atoms. The minimum absolute atomic E-state index is 0.0360. The van der Waals surface area contributed by atoms with Gasteiger partial charge in [-0.3, -0.25) is 0 Å². The van der Waals surface area contributed by atoms with Gasteiger partial charge in [0.25, 0.3) is 0 Å². The number of aliphatic hydroxyl groups excluding tert-OH is 1. The first kappa shape index (κ1) is 18.6. The molecule has 1 N–H and O–H groups in total.